The molecule has 0 aliphatic carbocycles. The van der Waals surface area contributed by atoms with E-state index in [0.29, 0.717) is 23.1 Å². The number of anilines is 1. The molecule has 92 valence electrons. The van der Waals surface area contributed by atoms with Crippen LogP contribution in [-0.2, 0) is 0 Å². The summed E-state index contributed by atoms with van der Waals surface area (Å²) < 4.78 is 13.8. The normalized spacial score (nSPS) is 20.0. The minimum absolute atomic E-state index is 0.293. The maximum atomic E-state index is 13.8. The lowest BCUT2D eigenvalue weighted by Gasteiger charge is -2.22. The van der Waals surface area contributed by atoms with Crippen molar-refractivity contribution in [3.63, 3.8) is 0 Å². The number of hydrogen-bond donors (Lipinski definition) is 0. The van der Waals surface area contributed by atoms with Gasteiger partial charge in [-0.3, -0.25) is 4.79 Å². The van der Waals surface area contributed by atoms with Gasteiger partial charge in [-0.1, -0.05) is 19.9 Å². The summed E-state index contributed by atoms with van der Waals surface area (Å²) in [6, 6.07) is 4.68. The lowest BCUT2D eigenvalue weighted by Crippen LogP contribution is -2.23. The van der Waals surface area contributed by atoms with E-state index in [1.807, 2.05) is 4.90 Å². The SMILES string of the molecule is CC(C)C1CCN(c2c(F)cccc2C=O)C1. The molecule has 1 heterocycles. The fourth-order valence-corrected chi connectivity index (χ4v) is 2.50. The predicted molar refractivity (Wildman–Crippen MR) is 66.9 cm³/mol. The molecule has 0 amide bonds. The van der Waals surface area contributed by atoms with Gasteiger partial charge in [0.05, 0.1) is 5.69 Å². The zero-order chi connectivity index (χ0) is 12.4. The van der Waals surface area contributed by atoms with Gasteiger partial charge < -0.3 is 4.90 Å². The number of carbonyl (C=O) groups excluding carboxylic acids is 1. The molecular formula is C14H18FNO. The van der Waals surface area contributed by atoms with Crippen molar-refractivity contribution in [2.24, 2.45) is 11.8 Å². The molecule has 1 aromatic carbocycles. The van der Waals surface area contributed by atoms with Crippen molar-refractivity contribution < 1.29 is 9.18 Å². The summed E-state index contributed by atoms with van der Waals surface area (Å²) in [5, 5.41) is 0. The van der Waals surface area contributed by atoms with Crippen LogP contribution in [0, 0.1) is 17.7 Å². The molecule has 1 aromatic rings. The molecule has 3 heteroatoms. The highest BCUT2D eigenvalue weighted by Crippen LogP contribution is 2.31. The lowest BCUT2D eigenvalue weighted by atomic mass is 9.95. The summed E-state index contributed by atoms with van der Waals surface area (Å²) in [4.78, 5) is 13.0. The number of halogens is 1. The van der Waals surface area contributed by atoms with E-state index in [4.69, 9.17) is 0 Å². The molecule has 2 rings (SSSR count). The number of aldehydes is 1. The first-order valence-corrected chi connectivity index (χ1v) is 6.12. The fraction of sp³-hybridized carbons (Fsp3) is 0.500. The molecule has 0 saturated carbocycles. The van der Waals surface area contributed by atoms with Gasteiger partial charge in [0.15, 0.2) is 6.29 Å². The van der Waals surface area contributed by atoms with Crippen molar-refractivity contribution in [1.82, 2.24) is 0 Å². The van der Waals surface area contributed by atoms with Gasteiger partial charge in [0.1, 0.15) is 5.82 Å². The highest BCUT2D eigenvalue weighted by Gasteiger charge is 2.27. The number of rotatable bonds is 3. The Hall–Kier alpha value is -1.38. The summed E-state index contributed by atoms with van der Waals surface area (Å²) in [5.41, 5.74) is 0.931. The molecule has 1 atom stereocenters. The average molecular weight is 235 g/mol. The summed E-state index contributed by atoms with van der Waals surface area (Å²) in [6.45, 7) is 6.07. The predicted octanol–water partition coefficient (Wildman–Crippen LogP) is 3.12. The zero-order valence-electron chi connectivity index (χ0n) is 10.3. The molecule has 0 radical (unpaired) electrons. The van der Waals surface area contributed by atoms with Crippen molar-refractivity contribution in [1.29, 1.82) is 0 Å². The summed E-state index contributed by atoms with van der Waals surface area (Å²) in [5.74, 6) is 0.902. The van der Waals surface area contributed by atoms with Gasteiger partial charge in [0, 0.05) is 18.7 Å². The molecule has 0 bridgehead atoms. The monoisotopic (exact) mass is 235 g/mol. The molecule has 1 saturated heterocycles. The van der Waals surface area contributed by atoms with Crippen LogP contribution in [0.4, 0.5) is 10.1 Å². The fourth-order valence-electron chi connectivity index (χ4n) is 2.50. The number of carbonyl (C=O) groups is 1. The van der Waals surface area contributed by atoms with Crippen molar-refractivity contribution in [3.8, 4) is 0 Å². The van der Waals surface area contributed by atoms with Crippen LogP contribution >= 0.6 is 0 Å². The van der Waals surface area contributed by atoms with Crippen molar-refractivity contribution in [2.75, 3.05) is 18.0 Å². The quantitative estimate of drug-likeness (QED) is 0.750. The lowest BCUT2D eigenvalue weighted by molar-refractivity contribution is 0.112. The smallest absolute Gasteiger partial charge is 0.152 e. The summed E-state index contributed by atoms with van der Waals surface area (Å²) >= 11 is 0. The highest BCUT2D eigenvalue weighted by atomic mass is 19.1. The van der Waals surface area contributed by atoms with Gasteiger partial charge in [0.25, 0.3) is 0 Å². The van der Waals surface area contributed by atoms with Crippen LogP contribution in [0.2, 0.25) is 0 Å². The molecular weight excluding hydrogens is 217 g/mol. The first-order chi connectivity index (χ1) is 8.13. The van der Waals surface area contributed by atoms with Gasteiger partial charge in [0.2, 0.25) is 0 Å². The third-order valence-electron chi connectivity index (χ3n) is 3.63. The Morgan fingerprint density at radius 3 is 2.82 bits per heavy atom. The Bertz CT molecular complexity index is 417. The average Bonchev–Trinajstić information content (AvgIpc) is 2.77. The van der Waals surface area contributed by atoms with Crippen LogP contribution in [0.1, 0.15) is 30.6 Å². The van der Waals surface area contributed by atoms with Gasteiger partial charge >= 0.3 is 0 Å². The van der Waals surface area contributed by atoms with Gasteiger partial charge in [-0.05, 0) is 30.4 Å². The Balaban J connectivity index is 2.27. The van der Waals surface area contributed by atoms with Gasteiger partial charge in [-0.15, -0.1) is 0 Å². The molecule has 2 nitrogen and oxygen atoms in total. The molecule has 1 aliphatic heterocycles. The standard InChI is InChI=1S/C14H18FNO/c1-10(2)11-6-7-16(8-11)14-12(9-17)4-3-5-13(14)15/h3-5,9-11H,6-8H2,1-2H3. The van der Waals surface area contributed by atoms with E-state index in [0.717, 1.165) is 25.8 Å². The van der Waals surface area contributed by atoms with E-state index in [9.17, 15) is 9.18 Å². The molecule has 1 unspecified atom stereocenters. The second-order valence-electron chi connectivity index (χ2n) is 5.03. The largest absolute Gasteiger partial charge is 0.368 e. The Labute approximate surface area is 101 Å². The van der Waals surface area contributed by atoms with E-state index < -0.39 is 0 Å². The van der Waals surface area contributed by atoms with Crippen molar-refractivity contribution >= 4 is 12.0 Å². The Morgan fingerprint density at radius 1 is 1.47 bits per heavy atom. The first-order valence-electron chi connectivity index (χ1n) is 6.12. The zero-order valence-corrected chi connectivity index (χ0v) is 10.3. The van der Waals surface area contributed by atoms with Crippen LogP contribution in [0.25, 0.3) is 0 Å². The maximum absolute atomic E-state index is 13.8. The van der Waals surface area contributed by atoms with E-state index >= 15 is 0 Å². The van der Waals surface area contributed by atoms with E-state index in [1.54, 1.807) is 12.1 Å². The minimum atomic E-state index is -0.293. The molecule has 1 aliphatic rings. The van der Waals surface area contributed by atoms with E-state index in [-0.39, 0.29) is 5.82 Å². The van der Waals surface area contributed by atoms with Crippen molar-refractivity contribution in [2.45, 2.75) is 20.3 Å². The van der Waals surface area contributed by atoms with E-state index in [2.05, 4.69) is 13.8 Å². The van der Waals surface area contributed by atoms with Gasteiger partial charge in [-0.2, -0.15) is 0 Å². The molecule has 0 aromatic heterocycles. The molecule has 0 spiro atoms. The number of hydrogen-bond acceptors (Lipinski definition) is 2. The van der Waals surface area contributed by atoms with Gasteiger partial charge in [-0.25, -0.2) is 4.39 Å². The second-order valence-corrected chi connectivity index (χ2v) is 5.03. The van der Waals surface area contributed by atoms with Crippen LogP contribution in [0.5, 0.6) is 0 Å². The number of benzene rings is 1. The number of para-hydroxylation sites is 1. The Kier molecular flexibility index (Phi) is 3.46. The van der Waals surface area contributed by atoms with Crippen LogP contribution in [0.15, 0.2) is 18.2 Å². The maximum Gasteiger partial charge on any atom is 0.152 e. The highest BCUT2D eigenvalue weighted by molar-refractivity contribution is 5.84. The van der Waals surface area contributed by atoms with Crippen LogP contribution < -0.4 is 4.90 Å². The van der Waals surface area contributed by atoms with Crippen LogP contribution in [0.3, 0.4) is 0 Å². The van der Waals surface area contributed by atoms with Crippen LogP contribution in [-0.4, -0.2) is 19.4 Å². The summed E-state index contributed by atoms with van der Waals surface area (Å²) in [6.07, 6.45) is 1.81. The number of nitrogens with zero attached hydrogens (tertiary/aromatic N) is 1. The topological polar surface area (TPSA) is 20.3 Å². The molecule has 17 heavy (non-hydrogen) atoms. The summed E-state index contributed by atoms with van der Waals surface area (Å²) in [7, 11) is 0. The van der Waals surface area contributed by atoms with Crippen molar-refractivity contribution in [3.05, 3.63) is 29.6 Å². The second kappa shape index (κ2) is 4.86. The molecule has 1 fully saturated rings. The third kappa shape index (κ3) is 2.33. The van der Waals surface area contributed by atoms with E-state index in [1.165, 1.54) is 6.07 Å². The third-order valence-corrected chi connectivity index (χ3v) is 3.63. The Morgan fingerprint density at radius 2 is 2.24 bits per heavy atom. The minimum Gasteiger partial charge on any atom is -0.368 e. The molecule has 0 N–H and O–H groups in total. The first kappa shape index (κ1) is 12.1.